The lowest BCUT2D eigenvalue weighted by Gasteiger charge is -2.31. The molecule has 1 aromatic heterocycles. The summed E-state index contributed by atoms with van der Waals surface area (Å²) in [5.41, 5.74) is 0.949. The van der Waals surface area contributed by atoms with Crippen LogP contribution in [0.4, 0.5) is 0 Å². The molecular weight excluding hydrogens is 634 g/mol. The van der Waals surface area contributed by atoms with Gasteiger partial charge in [0.2, 0.25) is 23.6 Å². The number of thioether (sulfide) groups is 1. The van der Waals surface area contributed by atoms with Crippen molar-refractivity contribution in [1.29, 1.82) is 0 Å². The monoisotopic (exact) mass is 677 g/mol. The van der Waals surface area contributed by atoms with Crippen molar-refractivity contribution in [2.75, 3.05) is 32.1 Å². The van der Waals surface area contributed by atoms with Crippen LogP contribution in [0.3, 0.4) is 0 Å². The fourth-order valence-corrected chi connectivity index (χ4v) is 6.42. The van der Waals surface area contributed by atoms with Crippen molar-refractivity contribution in [3.05, 3.63) is 65.7 Å². The Labute approximate surface area is 284 Å². The van der Waals surface area contributed by atoms with Gasteiger partial charge in [0.1, 0.15) is 31.6 Å². The van der Waals surface area contributed by atoms with Gasteiger partial charge in [-0.1, -0.05) is 44.2 Å². The van der Waals surface area contributed by atoms with Gasteiger partial charge < -0.3 is 30.3 Å². The Bertz CT molecular complexity index is 1610. The minimum Gasteiger partial charge on any atom is -0.486 e. The number of carbonyl (C=O) groups excluding carboxylic acids is 4. The summed E-state index contributed by atoms with van der Waals surface area (Å²) in [5.74, 6) is 1.19. The third kappa shape index (κ3) is 9.27. The quantitative estimate of drug-likeness (QED) is 0.320. The first kappa shape index (κ1) is 34.7. The molecule has 0 unspecified atom stereocenters. The summed E-state index contributed by atoms with van der Waals surface area (Å²) in [5, 5.41) is 13.2. The van der Waals surface area contributed by atoms with E-state index in [0.29, 0.717) is 48.5 Å². The molecule has 256 valence electrons. The number of benzene rings is 2. The first-order chi connectivity index (χ1) is 23.0. The number of aromatic nitrogens is 3. The van der Waals surface area contributed by atoms with Gasteiger partial charge in [0.25, 0.3) is 0 Å². The van der Waals surface area contributed by atoms with Crippen LogP contribution in [0, 0.1) is 12.8 Å². The molecule has 0 aliphatic carbocycles. The number of carbonyl (C=O) groups is 4. The summed E-state index contributed by atoms with van der Waals surface area (Å²) < 4.78 is 12.8. The lowest BCUT2D eigenvalue weighted by molar-refractivity contribution is -0.137. The Hall–Kier alpha value is -4.59. The maximum absolute atomic E-state index is 13.8. The molecule has 5 rings (SSSR count). The van der Waals surface area contributed by atoms with E-state index in [4.69, 9.17) is 9.47 Å². The van der Waals surface area contributed by atoms with Crippen molar-refractivity contribution in [2.24, 2.45) is 5.92 Å². The summed E-state index contributed by atoms with van der Waals surface area (Å²) in [6.45, 7) is 7.89. The van der Waals surface area contributed by atoms with Gasteiger partial charge in [-0.05, 0) is 49.9 Å². The number of nitrogens with one attached hydrogen (secondary N) is 3. The van der Waals surface area contributed by atoms with Gasteiger partial charge in [0.05, 0.1) is 12.6 Å². The van der Waals surface area contributed by atoms with E-state index in [1.807, 2.05) is 62.4 Å². The molecule has 4 amide bonds. The zero-order chi connectivity index (χ0) is 34.2. The van der Waals surface area contributed by atoms with Crippen LogP contribution in [-0.4, -0.2) is 87.4 Å². The van der Waals surface area contributed by atoms with Crippen LogP contribution in [0.5, 0.6) is 11.5 Å². The van der Waals surface area contributed by atoms with E-state index in [2.05, 4.69) is 26.0 Å². The van der Waals surface area contributed by atoms with Crippen molar-refractivity contribution in [3.63, 3.8) is 0 Å². The predicted octanol–water partition coefficient (Wildman–Crippen LogP) is 2.43. The second kappa shape index (κ2) is 16.0. The number of nitrogens with zero attached hydrogens (tertiary/aromatic N) is 4. The molecule has 0 fully saturated rings. The molecule has 2 aliphatic rings. The molecule has 3 heterocycles. The predicted molar refractivity (Wildman–Crippen MR) is 180 cm³/mol. The summed E-state index contributed by atoms with van der Waals surface area (Å²) >= 11 is 1.51. The third-order valence-electron chi connectivity index (χ3n) is 8.13. The molecule has 3 N–H and O–H groups in total. The minimum absolute atomic E-state index is 0.0686. The van der Waals surface area contributed by atoms with Gasteiger partial charge in [-0.15, -0.1) is 11.8 Å². The maximum atomic E-state index is 13.8. The van der Waals surface area contributed by atoms with Gasteiger partial charge in [-0.2, -0.15) is 5.10 Å². The van der Waals surface area contributed by atoms with Crippen LogP contribution < -0.4 is 25.4 Å². The molecule has 13 nitrogen and oxygen atoms in total. The summed E-state index contributed by atoms with van der Waals surface area (Å²) in [6, 6.07) is 13.4. The fraction of sp³-hybridized carbons (Fsp3) is 0.471. The fourth-order valence-electron chi connectivity index (χ4n) is 5.56. The van der Waals surface area contributed by atoms with Crippen LogP contribution in [0.15, 0.2) is 53.4 Å². The van der Waals surface area contributed by atoms with Crippen molar-refractivity contribution < 1.29 is 28.7 Å². The molecule has 3 atom stereocenters. The second-order valence-electron chi connectivity index (χ2n) is 12.3. The second-order valence-corrected chi connectivity index (χ2v) is 13.5. The largest absolute Gasteiger partial charge is 0.486 e. The Morgan fingerprint density at radius 3 is 2.46 bits per heavy atom. The molecule has 0 bridgehead atoms. The Balaban J connectivity index is 1.39. The lowest BCUT2D eigenvalue weighted by atomic mass is 10.0. The molecule has 48 heavy (non-hydrogen) atoms. The first-order valence-corrected chi connectivity index (χ1v) is 17.2. The molecule has 14 heteroatoms. The van der Waals surface area contributed by atoms with Crippen LogP contribution in [0.1, 0.15) is 50.4 Å². The standard InChI is InChI=1S/C34H43N7O6S/c1-21(2)27-18-40(32(44)12-15-48-25-10-11-28-29(17-25)47-14-13-46-28)19-30(42)37-26(16-24-8-6-5-7-9-24)33-36-23(4)39-41(33)20-31(43)35-22(3)34(45)38-27/h5-11,17,21-22,26-27H,12-16,18-20H2,1-4H3,(H,35,43)(H,37,42)(H,38,45)/t22-,26+,27-/m1/s1. The molecular formula is C34H43N7O6S. The van der Waals surface area contributed by atoms with Gasteiger partial charge in [-0.3, -0.25) is 19.2 Å². The zero-order valence-corrected chi connectivity index (χ0v) is 28.5. The summed E-state index contributed by atoms with van der Waals surface area (Å²) in [6.07, 6.45) is 0.552. The highest BCUT2D eigenvalue weighted by molar-refractivity contribution is 7.99. The van der Waals surface area contributed by atoms with Crippen molar-refractivity contribution in [1.82, 2.24) is 35.6 Å². The van der Waals surface area contributed by atoms with E-state index in [1.165, 1.54) is 21.3 Å². The summed E-state index contributed by atoms with van der Waals surface area (Å²) in [4.78, 5) is 60.9. The first-order valence-electron chi connectivity index (χ1n) is 16.2. The van der Waals surface area contributed by atoms with Crippen molar-refractivity contribution >= 4 is 35.4 Å². The average Bonchev–Trinajstić information content (AvgIpc) is 3.42. The molecule has 2 aliphatic heterocycles. The zero-order valence-electron chi connectivity index (χ0n) is 27.7. The van der Waals surface area contributed by atoms with Gasteiger partial charge in [0.15, 0.2) is 17.3 Å². The number of rotatable bonds is 7. The van der Waals surface area contributed by atoms with Gasteiger partial charge in [0, 0.05) is 29.7 Å². The third-order valence-corrected chi connectivity index (χ3v) is 9.13. The van der Waals surface area contributed by atoms with Crippen molar-refractivity contribution in [2.45, 2.75) is 70.1 Å². The molecule has 3 aromatic rings. The SMILES string of the molecule is Cc1nc2n(n1)CC(=O)N[C@H](C)C(=O)N[C@@H](C(C)C)CN(C(=O)CCSc1ccc3c(c1)OCCO3)CC(=O)N[C@H]2Cc1ccccc1. The number of aryl methyl sites for hydroxylation is 1. The average molecular weight is 678 g/mol. The Morgan fingerprint density at radius 1 is 0.979 bits per heavy atom. The van der Waals surface area contributed by atoms with Crippen LogP contribution in [0.25, 0.3) is 0 Å². The normalized spacial score (nSPS) is 20.6. The van der Waals surface area contributed by atoms with Gasteiger partial charge in [-0.25, -0.2) is 9.67 Å². The highest BCUT2D eigenvalue weighted by atomic mass is 32.2. The van der Waals surface area contributed by atoms with E-state index in [-0.39, 0.29) is 43.8 Å². The molecule has 2 aromatic carbocycles. The maximum Gasteiger partial charge on any atom is 0.242 e. The summed E-state index contributed by atoms with van der Waals surface area (Å²) in [7, 11) is 0. The molecule has 0 radical (unpaired) electrons. The Kier molecular flexibility index (Phi) is 11.6. The minimum atomic E-state index is -0.844. The Morgan fingerprint density at radius 2 is 1.71 bits per heavy atom. The molecule has 0 saturated carbocycles. The number of ether oxygens (including phenoxy) is 2. The number of fused-ring (bicyclic) bond motifs is 2. The number of amides is 4. The lowest BCUT2D eigenvalue weighted by Crippen LogP contribution is -2.54. The van der Waals surface area contributed by atoms with Crippen LogP contribution in [0.2, 0.25) is 0 Å². The smallest absolute Gasteiger partial charge is 0.242 e. The van der Waals surface area contributed by atoms with Crippen LogP contribution in [-0.2, 0) is 32.1 Å². The topological polar surface area (TPSA) is 157 Å². The van der Waals surface area contributed by atoms with E-state index < -0.39 is 29.9 Å². The highest BCUT2D eigenvalue weighted by Gasteiger charge is 2.30. The van der Waals surface area contributed by atoms with Crippen molar-refractivity contribution in [3.8, 4) is 11.5 Å². The molecule has 0 spiro atoms. The van der Waals surface area contributed by atoms with E-state index in [1.54, 1.807) is 13.8 Å². The van der Waals surface area contributed by atoms with E-state index in [0.717, 1.165) is 10.5 Å². The molecule has 0 saturated heterocycles. The highest BCUT2D eigenvalue weighted by Crippen LogP contribution is 2.34. The van der Waals surface area contributed by atoms with E-state index >= 15 is 0 Å². The van der Waals surface area contributed by atoms with Gasteiger partial charge >= 0.3 is 0 Å². The van der Waals surface area contributed by atoms with Crippen LogP contribution >= 0.6 is 11.8 Å². The number of hydrogen-bond acceptors (Lipinski definition) is 9. The van der Waals surface area contributed by atoms with E-state index in [9.17, 15) is 19.2 Å². The number of hydrogen-bond donors (Lipinski definition) is 3.